The quantitative estimate of drug-likeness (QED) is 0.333. The monoisotopic (exact) mass is 464 g/mol. The topological polar surface area (TPSA) is 29.5 Å². The molecule has 0 spiro atoms. The van der Waals surface area contributed by atoms with Crippen molar-refractivity contribution in [1.82, 2.24) is 0 Å². The normalized spacial score (nSPS) is 16.9. The van der Waals surface area contributed by atoms with E-state index in [4.69, 9.17) is 4.74 Å². The highest BCUT2D eigenvalue weighted by Gasteiger charge is 2.43. The first kappa shape index (κ1) is 21.1. The van der Waals surface area contributed by atoms with Crippen LogP contribution < -0.4 is 4.74 Å². The zero-order valence-electron chi connectivity index (χ0n) is 17.5. The lowest BCUT2D eigenvalue weighted by Gasteiger charge is -2.27. The molecule has 4 rings (SSSR count). The maximum absolute atomic E-state index is 11.9. The Hall–Kier alpha value is -2.10. The Kier molecular flexibility index (Phi) is 6.60. The van der Waals surface area contributed by atoms with E-state index in [1.165, 1.54) is 32.1 Å². The van der Waals surface area contributed by atoms with E-state index in [0.29, 0.717) is 0 Å². The van der Waals surface area contributed by atoms with Crippen LogP contribution in [0.3, 0.4) is 0 Å². The van der Waals surface area contributed by atoms with Gasteiger partial charge in [0.15, 0.2) is 0 Å². The van der Waals surface area contributed by atoms with Gasteiger partial charge in [-0.1, -0.05) is 97.4 Å². The molecule has 0 saturated heterocycles. The van der Waals surface area contributed by atoms with Gasteiger partial charge >= 0.3 is 0 Å². The predicted octanol–water partition coefficient (Wildman–Crippen LogP) is 7.45. The molecule has 0 aromatic heterocycles. The molecule has 0 radical (unpaired) electrons. The summed E-state index contributed by atoms with van der Waals surface area (Å²) >= 11 is 3.57. The molecule has 0 heterocycles. The average Bonchev–Trinajstić information content (AvgIpc) is 3.03. The van der Waals surface area contributed by atoms with Crippen molar-refractivity contribution < 1.29 is 9.84 Å². The number of ether oxygens (including phenoxy) is 1. The Balaban J connectivity index is 1.51. The lowest BCUT2D eigenvalue weighted by molar-refractivity contribution is 0.130. The maximum Gasteiger partial charge on any atom is 0.141 e. The zero-order valence-corrected chi connectivity index (χ0v) is 19.1. The summed E-state index contributed by atoms with van der Waals surface area (Å²) in [5.41, 5.74) is 3.72. The fourth-order valence-electron chi connectivity index (χ4n) is 4.41. The Morgan fingerprint density at radius 3 is 2.30 bits per heavy atom. The van der Waals surface area contributed by atoms with E-state index in [1.54, 1.807) is 0 Å². The van der Waals surface area contributed by atoms with Gasteiger partial charge in [-0.15, -0.1) is 0 Å². The highest BCUT2D eigenvalue weighted by Crippen LogP contribution is 2.51. The van der Waals surface area contributed by atoms with Crippen LogP contribution in [0, 0.1) is 0 Å². The van der Waals surface area contributed by atoms with Gasteiger partial charge in [0.05, 0.1) is 6.61 Å². The predicted molar refractivity (Wildman–Crippen MR) is 127 cm³/mol. The number of hydrogen-bond donors (Lipinski definition) is 1. The van der Waals surface area contributed by atoms with Crippen LogP contribution in [0.1, 0.15) is 62.1 Å². The van der Waals surface area contributed by atoms with Gasteiger partial charge in [-0.25, -0.2) is 0 Å². The van der Waals surface area contributed by atoms with Crippen molar-refractivity contribution in [3.63, 3.8) is 0 Å². The first-order valence-corrected chi connectivity index (χ1v) is 11.8. The average molecular weight is 465 g/mol. The summed E-state index contributed by atoms with van der Waals surface area (Å²) < 4.78 is 6.90. The highest BCUT2D eigenvalue weighted by molar-refractivity contribution is 9.10. The molecule has 30 heavy (non-hydrogen) atoms. The van der Waals surface area contributed by atoms with Gasteiger partial charge in [0.1, 0.15) is 11.4 Å². The van der Waals surface area contributed by atoms with Crippen molar-refractivity contribution in [2.45, 2.75) is 51.0 Å². The van der Waals surface area contributed by atoms with Crippen LogP contribution in [0.2, 0.25) is 0 Å². The fraction of sp³-hybridized carbons (Fsp3) is 0.333. The third-order valence-corrected chi connectivity index (χ3v) is 6.51. The molecule has 156 valence electrons. The smallest absolute Gasteiger partial charge is 0.141 e. The van der Waals surface area contributed by atoms with Crippen molar-refractivity contribution in [2.24, 2.45) is 0 Å². The van der Waals surface area contributed by atoms with Crippen molar-refractivity contribution in [3.05, 3.63) is 87.9 Å². The Morgan fingerprint density at radius 2 is 1.50 bits per heavy atom. The van der Waals surface area contributed by atoms with Gasteiger partial charge in [-0.2, -0.15) is 0 Å². The van der Waals surface area contributed by atoms with Gasteiger partial charge in [0.2, 0.25) is 0 Å². The Labute approximate surface area is 188 Å². The lowest BCUT2D eigenvalue weighted by atomic mass is 9.84. The van der Waals surface area contributed by atoms with E-state index >= 15 is 0 Å². The van der Waals surface area contributed by atoms with Gasteiger partial charge in [0.25, 0.3) is 0 Å². The molecule has 1 aliphatic carbocycles. The van der Waals surface area contributed by atoms with E-state index in [9.17, 15) is 5.11 Å². The van der Waals surface area contributed by atoms with Crippen LogP contribution in [0.15, 0.2) is 71.2 Å². The minimum Gasteiger partial charge on any atom is -0.494 e. The second-order valence-corrected chi connectivity index (χ2v) is 9.00. The molecule has 0 bridgehead atoms. The number of halogens is 1. The third-order valence-electron chi connectivity index (χ3n) is 6.02. The first-order valence-electron chi connectivity index (χ1n) is 11.0. The van der Waals surface area contributed by atoms with E-state index in [0.717, 1.165) is 51.1 Å². The number of rotatable bonds is 9. The summed E-state index contributed by atoms with van der Waals surface area (Å²) in [6.07, 6.45) is 7.53. The fourth-order valence-corrected chi connectivity index (χ4v) is 4.77. The van der Waals surface area contributed by atoms with Crippen LogP contribution in [0.5, 0.6) is 5.75 Å². The van der Waals surface area contributed by atoms with Crippen LogP contribution in [-0.4, -0.2) is 11.7 Å². The van der Waals surface area contributed by atoms with Gasteiger partial charge in [-0.3, -0.25) is 0 Å². The zero-order chi connectivity index (χ0) is 21.0. The number of aliphatic hydroxyl groups is 1. The summed E-state index contributed by atoms with van der Waals surface area (Å²) in [7, 11) is 0. The van der Waals surface area contributed by atoms with E-state index in [2.05, 4.69) is 35.0 Å². The molecule has 3 aromatic carbocycles. The van der Waals surface area contributed by atoms with Crippen LogP contribution in [0.25, 0.3) is 11.1 Å². The molecule has 3 aromatic rings. The molecule has 1 aliphatic rings. The number of hydrogen-bond acceptors (Lipinski definition) is 2. The van der Waals surface area contributed by atoms with Crippen molar-refractivity contribution in [1.29, 1.82) is 0 Å². The summed E-state index contributed by atoms with van der Waals surface area (Å²) in [6.45, 7) is 2.99. The lowest BCUT2D eigenvalue weighted by Crippen LogP contribution is -2.26. The molecular formula is C27H29BrO2. The Morgan fingerprint density at radius 1 is 0.800 bits per heavy atom. The molecule has 1 unspecified atom stereocenters. The Bertz CT molecular complexity index is 996. The molecule has 1 atom stereocenters. The maximum atomic E-state index is 11.9. The number of benzene rings is 3. The summed E-state index contributed by atoms with van der Waals surface area (Å²) in [4.78, 5) is 0. The van der Waals surface area contributed by atoms with Gasteiger partial charge in [-0.05, 0) is 47.4 Å². The molecule has 3 heteroatoms. The molecular weight excluding hydrogens is 436 g/mol. The van der Waals surface area contributed by atoms with Crippen LogP contribution in [-0.2, 0) is 5.60 Å². The van der Waals surface area contributed by atoms with Gasteiger partial charge in [0, 0.05) is 15.6 Å². The van der Waals surface area contributed by atoms with Crippen LogP contribution >= 0.6 is 15.9 Å². The number of unbranched alkanes of at least 4 members (excludes halogenated alkanes) is 5. The van der Waals surface area contributed by atoms with E-state index in [1.807, 2.05) is 54.6 Å². The molecule has 0 amide bonds. The largest absolute Gasteiger partial charge is 0.494 e. The van der Waals surface area contributed by atoms with E-state index < -0.39 is 5.60 Å². The standard InChI is InChI=1S/C27H29BrO2/c1-2-3-4-5-6-9-18-30-22-15-12-20(13-16-22)27(29)25-11-8-7-10-23(25)24-17-14-21(28)19-26(24)27/h7-8,10-17,19,29H,2-6,9,18H2,1H3. The second-order valence-electron chi connectivity index (χ2n) is 8.09. The third kappa shape index (κ3) is 4.06. The first-order chi connectivity index (χ1) is 14.6. The summed E-state index contributed by atoms with van der Waals surface area (Å²) in [5.74, 6) is 0.858. The highest BCUT2D eigenvalue weighted by atomic mass is 79.9. The second kappa shape index (κ2) is 9.36. The summed E-state index contributed by atoms with van der Waals surface area (Å²) in [5, 5.41) is 11.9. The van der Waals surface area contributed by atoms with Gasteiger partial charge < -0.3 is 9.84 Å². The van der Waals surface area contributed by atoms with E-state index in [-0.39, 0.29) is 0 Å². The van der Waals surface area contributed by atoms with Crippen LogP contribution in [0.4, 0.5) is 0 Å². The minimum absolute atomic E-state index is 0.744. The van der Waals surface area contributed by atoms with Crippen molar-refractivity contribution >= 4 is 15.9 Å². The summed E-state index contributed by atoms with van der Waals surface area (Å²) in [6, 6.07) is 22.2. The van der Waals surface area contributed by atoms with Crippen molar-refractivity contribution in [3.8, 4) is 16.9 Å². The molecule has 2 nitrogen and oxygen atoms in total. The van der Waals surface area contributed by atoms with Crippen molar-refractivity contribution in [2.75, 3.05) is 6.61 Å². The molecule has 0 aliphatic heterocycles. The molecule has 0 saturated carbocycles. The molecule has 1 N–H and O–H groups in total. The molecule has 0 fully saturated rings. The minimum atomic E-state index is -1.16. The number of fused-ring (bicyclic) bond motifs is 3. The SMILES string of the molecule is CCCCCCCCOc1ccc(C2(O)c3ccccc3-c3ccc(Br)cc32)cc1.